The number of ether oxygens (including phenoxy) is 1. The van der Waals surface area contributed by atoms with Gasteiger partial charge in [-0.25, -0.2) is 4.79 Å². The van der Waals surface area contributed by atoms with Crippen molar-refractivity contribution in [1.82, 2.24) is 5.32 Å². The van der Waals surface area contributed by atoms with E-state index in [2.05, 4.69) is 19.2 Å². The lowest BCUT2D eigenvalue weighted by Gasteiger charge is -2.38. The van der Waals surface area contributed by atoms with Gasteiger partial charge in [-0.05, 0) is 31.0 Å². The standard InChI is InChI=1S/C14H19NO3/c1-3-14(2)9-18-12(8-15-14)10-5-4-6-11(7-10)13(16)17/h4-7,12,15H,3,8-9H2,1-2H3,(H,16,17). The minimum atomic E-state index is -0.904. The van der Waals surface area contributed by atoms with Crippen LogP contribution in [0.25, 0.3) is 0 Å². The minimum absolute atomic E-state index is 0.0287. The maximum absolute atomic E-state index is 10.9. The fourth-order valence-corrected chi connectivity index (χ4v) is 2.05. The third kappa shape index (κ3) is 2.71. The summed E-state index contributed by atoms with van der Waals surface area (Å²) in [5.41, 5.74) is 1.25. The van der Waals surface area contributed by atoms with Crippen LogP contribution >= 0.6 is 0 Å². The summed E-state index contributed by atoms with van der Waals surface area (Å²) in [6, 6.07) is 6.95. The van der Waals surface area contributed by atoms with Gasteiger partial charge in [0, 0.05) is 12.1 Å². The van der Waals surface area contributed by atoms with Gasteiger partial charge in [0.05, 0.1) is 18.3 Å². The average Bonchev–Trinajstić information content (AvgIpc) is 2.40. The summed E-state index contributed by atoms with van der Waals surface area (Å²) >= 11 is 0. The molecule has 2 unspecified atom stereocenters. The van der Waals surface area contributed by atoms with Gasteiger partial charge < -0.3 is 15.2 Å². The van der Waals surface area contributed by atoms with Crippen molar-refractivity contribution in [2.24, 2.45) is 0 Å². The zero-order chi connectivity index (χ0) is 13.2. The highest BCUT2D eigenvalue weighted by molar-refractivity contribution is 5.87. The number of benzene rings is 1. The van der Waals surface area contributed by atoms with Crippen LogP contribution in [0.5, 0.6) is 0 Å². The van der Waals surface area contributed by atoms with Crippen molar-refractivity contribution in [1.29, 1.82) is 0 Å². The molecule has 1 aromatic rings. The highest BCUT2D eigenvalue weighted by Gasteiger charge is 2.30. The third-order valence-electron chi connectivity index (χ3n) is 3.60. The van der Waals surface area contributed by atoms with Crippen LogP contribution in [-0.4, -0.2) is 29.8 Å². The average molecular weight is 249 g/mol. The number of carboxylic acid groups (broad SMARTS) is 1. The summed E-state index contributed by atoms with van der Waals surface area (Å²) in [6.07, 6.45) is 0.943. The highest BCUT2D eigenvalue weighted by Crippen LogP contribution is 2.25. The molecule has 0 aromatic heterocycles. The fraction of sp³-hybridized carbons (Fsp3) is 0.500. The summed E-state index contributed by atoms with van der Waals surface area (Å²) in [7, 11) is 0. The molecule has 0 aliphatic carbocycles. The zero-order valence-corrected chi connectivity index (χ0v) is 10.8. The van der Waals surface area contributed by atoms with Crippen LogP contribution in [-0.2, 0) is 4.74 Å². The molecule has 1 aromatic carbocycles. The molecule has 98 valence electrons. The van der Waals surface area contributed by atoms with Crippen molar-refractivity contribution >= 4 is 5.97 Å². The lowest BCUT2D eigenvalue weighted by atomic mass is 9.96. The normalized spacial score (nSPS) is 28.0. The molecule has 0 bridgehead atoms. The van der Waals surface area contributed by atoms with Crippen molar-refractivity contribution in [2.45, 2.75) is 31.9 Å². The van der Waals surface area contributed by atoms with Gasteiger partial charge in [-0.1, -0.05) is 19.1 Å². The monoisotopic (exact) mass is 249 g/mol. The van der Waals surface area contributed by atoms with Crippen LogP contribution in [0, 0.1) is 0 Å². The van der Waals surface area contributed by atoms with E-state index in [1.54, 1.807) is 18.2 Å². The summed E-state index contributed by atoms with van der Waals surface area (Å²) in [4.78, 5) is 10.9. The van der Waals surface area contributed by atoms with Gasteiger partial charge in [-0.3, -0.25) is 0 Å². The molecule has 18 heavy (non-hydrogen) atoms. The first-order chi connectivity index (χ1) is 8.54. The van der Waals surface area contributed by atoms with Gasteiger partial charge in [-0.15, -0.1) is 0 Å². The van der Waals surface area contributed by atoms with E-state index in [9.17, 15) is 4.79 Å². The van der Waals surface area contributed by atoms with Gasteiger partial charge in [-0.2, -0.15) is 0 Å². The van der Waals surface area contributed by atoms with Crippen molar-refractivity contribution < 1.29 is 14.6 Å². The fourth-order valence-electron chi connectivity index (χ4n) is 2.05. The molecular weight excluding hydrogens is 230 g/mol. The van der Waals surface area contributed by atoms with Gasteiger partial charge in [0.1, 0.15) is 0 Å². The van der Waals surface area contributed by atoms with Crippen molar-refractivity contribution in [2.75, 3.05) is 13.2 Å². The molecule has 0 amide bonds. The largest absolute Gasteiger partial charge is 0.478 e. The molecular formula is C14H19NO3. The third-order valence-corrected chi connectivity index (χ3v) is 3.60. The first-order valence-corrected chi connectivity index (χ1v) is 6.24. The molecule has 2 rings (SSSR count). The minimum Gasteiger partial charge on any atom is -0.478 e. The van der Waals surface area contributed by atoms with Crippen LogP contribution in [0.4, 0.5) is 0 Å². The Morgan fingerprint density at radius 2 is 2.39 bits per heavy atom. The molecule has 1 saturated heterocycles. The molecule has 0 radical (unpaired) electrons. The van der Waals surface area contributed by atoms with Crippen molar-refractivity contribution in [3.8, 4) is 0 Å². The predicted molar refractivity (Wildman–Crippen MR) is 68.8 cm³/mol. The van der Waals surface area contributed by atoms with Crippen LogP contribution in [0.3, 0.4) is 0 Å². The Kier molecular flexibility index (Phi) is 3.68. The van der Waals surface area contributed by atoms with Crippen LogP contribution in [0.2, 0.25) is 0 Å². The summed E-state index contributed by atoms with van der Waals surface area (Å²) in [5.74, 6) is -0.904. The maximum Gasteiger partial charge on any atom is 0.335 e. The van der Waals surface area contributed by atoms with E-state index < -0.39 is 5.97 Å². The Morgan fingerprint density at radius 1 is 1.61 bits per heavy atom. The van der Waals surface area contributed by atoms with E-state index in [0.29, 0.717) is 18.7 Å². The van der Waals surface area contributed by atoms with Crippen molar-refractivity contribution in [3.05, 3.63) is 35.4 Å². The molecule has 2 atom stereocenters. The topological polar surface area (TPSA) is 58.6 Å². The van der Waals surface area contributed by atoms with Crippen LogP contribution in [0.15, 0.2) is 24.3 Å². The van der Waals surface area contributed by atoms with Crippen molar-refractivity contribution in [3.63, 3.8) is 0 Å². The van der Waals surface area contributed by atoms with E-state index >= 15 is 0 Å². The lowest BCUT2D eigenvalue weighted by molar-refractivity contribution is -0.0299. The maximum atomic E-state index is 10.9. The van der Waals surface area contributed by atoms with E-state index in [0.717, 1.165) is 12.0 Å². The number of nitrogens with one attached hydrogen (secondary N) is 1. The van der Waals surface area contributed by atoms with E-state index in [4.69, 9.17) is 9.84 Å². The summed E-state index contributed by atoms with van der Waals surface area (Å²) < 4.78 is 5.85. The molecule has 1 aliphatic rings. The predicted octanol–water partition coefficient (Wildman–Crippen LogP) is 2.21. The van der Waals surface area contributed by atoms with E-state index in [-0.39, 0.29) is 11.6 Å². The van der Waals surface area contributed by atoms with Gasteiger partial charge >= 0.3 is 5.97 Å². The van der Waals surface area contributed by atoms with Gasteiger partial charge in [0.2, 0.25) is 0 Å². The lowest BCUT2D eigenvalue weighted by Crippen LogP contribution is -2.52. The number of carbonyl (C=O) groups is 1. The second kappa shape index (κ2) is 5.08. The quantitative estimate of drug-likeness (QED) is 0.862. The molecule has 0 spiro atoms. The molecule has 1 heterocycles. The summed E-state index contributed by atoms with van der Waals surface area (Å²) in [6.45, 7) is 5.62. The van der Waals surface area contributed by atoms with Gasteiger partial charge in [0.25, 0.3) is 0 Å². The van der Waals surface area contributed by atoms with Crippen LogP contribution < -0.4 is 5.32 Å². The Morgan fingerprint density at radius 3 is 2.94 bits per heavy atom. The second-order valence-corrected chi connectivity index (χ2v) is 5.03. The summed E-state index contributed by atoms with van der Waals surface area (Å²) in [5, 5.41) is 12.4. The first kappa shape index (κ1) is 13.1. The smallest absolute Gasteiger partial charge is 0.335 e. The molecule has 1 aliphatic heterocycles. The first-order valence-electron chi connectivity index (χ1n) is 6.24. The second-order valence-electron chi connectivity index (χ2n) is 5.03. The zero-order valence-electron chi connectivity index (χ0n) is 10.8. The Balaban J connectivity index is 2.10. The molecule has 4 heteroatoms. The number of rotatable bonds is 3. The van der Waals surface area contributed by atoms with E-state index in [1.807, 2.05) is 6.07 Å². The Bertz CT molecular complexity index is 436. The van der Waals surface area contributed by atoms with Crippen LogP contribution in [0.1, 0.15) is 42.3 Å². The molecule has 4 nitrogen and oxygen atoms in total. The number of aromatic carboxylic acids is 1. The molecule has 1 fully saturated rings. The number of hydrogen-bond donors (Lipinski definition) is 2. The Hall–Kier alpha value is -1.39. The number of hydrogen-bond acceptors (Lipinski definition) is 3. The van der Waals surface area contributed by atoms with E-state index in [1.165, 1.54) is 0 Å². The SMILES string of the molecule is CCC1(C)COC(c2cccc(C(=O)O)c2)CN1. The highest BCUT2D eigenvalue weighted by atomic mass is 16.5. The molecule has 0 saturated carbocycles. The Labute approximate surface area is 107 Å². The molecule has 2 N–H and O–H groups in total. The number of carboxylic acids is 1. The van der Waals surface area contributed by atoms with Gasteiger partial charge in [0.15, 0.2) is 0 Å². The number of morpholine rings is 1.